The van der Waals surface area contributed by atoms with Crippen molar-refractivity contribution in [3.63, 3.8) is 0 Å². The second kappa shape index (κ2) is 8.29. The molecular weight excluding hydrogens is 300 g/mol. The topological polar surface area (TPSA) is 58.2 Å². The highest BCUT2D eigenvalue weighted by Crippen LogP contribution is 2.17. The highest BCUT2D eigenvalue weighted by Gasteiger charge is 2.14. The smallest absolute Gasteiger partial charge is 0.255 e. The number of carbonyl (C=O) groups excluding carboxylic acids is 2. The van der Waals surface area contributed by atoms with Crippen molar-refractivity contribution in [2.45, 2.75) is 33.6 Å². The van der Waals surface area contributed by atoms with E-state index in [1.54, 1.807) is 24.3 Å². The molecule has 4 nitrogen and oxygen atoms in total. The third kappa shape index (κ3) is 4.44. The van der Waals surface area contributed by atoms with E-state index in [4.69, 9.17) is 0 Å². The number of anilines is 2. The monoisotopic (exact) mass is 324 g/mol. The fraction of sp³-hybridized carbons (Fsp3) is 0.300. The zero-order valence-electron chi connectivity index (χ0n) is 14.4. The number of aryl methyl sites for hydroxylation is 1. The van der Waals surface area contributed by atoms with Gasteiger partial charge in [-0.1, -0.05) is 32.0 Å². The van der Waals surface area contributed by atoms with E-state index in [-0.39, 0.29) is 17.7 Å². The van der Waals surface area contributed by atoms with Gasteiger partial charge in [-0.3, -0.25) is 9.59 Å². The Morgan fingerprint density at radius 1 is 0.917 bits per heavy atom. The summed E-state index contributed by atoms with van der Waals surface area (Å²) in [7, 11) is 0. The minimum Gasteiger partial charge on any atom is -0.326 e. The first-order chi connectivity index (χ1) is 11.5. The van der Waals surface area contributed by atoms with Crippen LogP contribution < -0.4 is 10.6 Å². The molecule has 0 atom stereocenters. The van der Waals surface area contributed by atoms with E-state index in [1.807, 2.05) is 45.0 Å². The van der Waals surface area contributed by atoms with Crippen molar-refractivity contribution in [3.05, 3.63) is 59.7 Å². The summed E-state index contributed by atoms with van der Waals surface area (Å²) in [5.74, 6) is -0.117. The fourth-order valence-electron chi connectivity index (χ4n) is 2.52. The van der Waals surface area contributed by atoms with Gasteiger partial charge >= 0.3 is 0 Å². The first-order valence-electron chi connectivity index (χ1n) is 8.33. The molecular formula is C20H24N2O2. The van der Waals surface area contributed by atoms with Crippen LogP contribution in [0.2, 0.25) is 0 Å². The maximum atomic E-state index is 12.3. The molecule has 0 unspecified atom stereocenters. The molecule has 0 saturated heterocycles. The van der Waals surface area contributed by atoms with E-state index in [0.29, 0.717) is 11.3 Å². The second-order valence-electron chi connectivity index (χ2n) is 5.85. The molecule has 0 aromatic heterocycles. The van der Waals surface area contributed by atoms with Gasteiger partial charge < -0.3 is 10.6 Å². The highest BCUT2D eigenvalue weighted by molar-refractivity contribution is 6.05. The molecule has 0 heterocycles. The van der Waals surface area contributed by atoms with Crippen LogP contribution in [0.4, 0.5) is 11.4 Å². The molecule has 2 amide bonds. The first-order valence-corrected chi connectivity index (χ1v) is 8.33. The third-order valence-corrected chi connectivity index (χ3v) is 4.16. The van der Waals surface area contributed by atoms with Gasteiger partial charge in [-0.2, -0.15) is 0 Å². The van der Waals surface area contributed by atoms with Crippen LogP contribution in [-0.2, 0) is 4.79 Å². The van der Waals surface area contributed by atoms with Crippen LogP contribution in [0.1, 0.15) is 42.6 Å². The van der Waals surface area contributed by atoms with Crippen LogP contribution in [0.3, 0.4) is 0 Å². The lowest BCUT2D eigenvalue weighted by Gasteiger charge is -2.13. The van der Waals surface area contributed by atoms with Crippen LogP contribution in [0.25, 0.3) is 0 Å². The lowest BCUT2D eigenvalue weighted by Crippen LogP contribution is -2.21. The Hall–Kier alpha value is -2.62. The second-order valence-corrected chi connectivity index (χ2v) is 5.85. The molecule has 0 saturated carbocycles. The summed E-state index contributed by atoms with van der Waals surface area (Å²) < 4.78 is 0. The zero-order chi connectivity index (χ0) is 17.5. The van der Waals surface area contributed by atoms with E-state index in [1.165, 1.54) is 0 Å². The summed E-state index contributed by atoms with van der Waals surface area (Å²) in [6, 6.07) is 14.6. The summed E-state index contributed by atoms with van der Waals surface area (Å²) >= 11 is 0. The maximum Gasteiger partial charge on any atom is 0.255 e. The van der Waals surface area contributed by atoms with E-state index < -0.39 is 0 Å². The Labute approximate surface area is 143 Å². The van der Waals surface area contributed by atoms with Crippen LogP contribution in [0.5, 0.6) is 0 Å². The Morgan fingerprint density at radius 3 is 2.12 bits per heavy atom. The molecule has 0 fully saturated rings. The molecule has 2 aromatic rings. The van der Waals surface area contributed by atoms with E-state index in [2.05, 4.69) is 10.6 Å². The summed E-state index contributed by atoms with van der Waals surface area (Å²) in [6.07, 6.45) is 1.64. The number of hydrogen-bond donors (Lipinski definition) is 2. The lowest BCUT2D eigenvalue weighted by atomic mass is 10.0. The Balaban J connectivity index is 2.02. The molecule has 2 aromatic carbocycles. The van der Waals surface area contributed by atoms with Crippen molar-refractivity contribution in [1.29, 1.82) is 0 Å². The number of rotatable bonds is 6. The van der Waals surface area contributed by atoms with Crippen LogP contribution in [0, 0.1) is 12.8 Å². The minimum atomic E-state index is -0.165. The predicted octanol–water partition coefficient (Wildman–Crippen LogP) is 4.62. The summed E-state index contributed by atoms with van der Waals surface area (Å²) in [5, 5.41) is 5.80. The van der Waals surface area contributed by atoms with Crippen LogP contribution >= 0.6 is 0 Å². The molecule has 0 aliphatic rings. The van der Waals surface area contributed by atoms with E-state index in [0.717, 1.165) is 24.1 Å². The van der Waals surface area contributed by atoms with Crippen molar-refractivity contribution < 1.29 is 9.59 Å². The molecule has 0 radical (unpaired) electrons. The van der Waals surface area contributed by atoms with Gasteiger partial charge in [0.1, 0.15) is 0 Å². The van der Waals surface area contributed by atoms with Crippen molar-refractivity contribution in [3.8, 4) is 0 Å². The summed E-state index contributed by atoms with van der Waals surface area (Å²) in [5.41, 5.74) is 3.08. The Bertz CT molecular complexity index is 704. The largest absolute Gasteiger partial charge is 0.326 e. The Morgan fingerprint density at radius 2 is 1.54 bits per heavy atom. The minimum absolute atomic E-state index is 0.0223. The third-order valence-electron chi connectivity index (χ3n) is 4.16. The van der Waals surface area contributed by atoms with Gasteiger partial charge in [0.15, 0.2) is 0 Å². The summed E-state index contributed by atoms with van der Waals surface area (Å²) in [4.78, 5) is 24.4. The molecule has 0 aliphatic heterocycles. The van der Waals surface area contributed by atoms with E-state index in [9.17, 15) is 9.59 Å². The van der Waals surface area contributed by atoms with Gasteiger partial charge in [0.2, 0.25) is 5.91 Å². The SMILES string of the molecule is CCC(CC)C(=O)Nc1ccc(C(=O)Nc2ccccc2C)cc1. The zero-order valence-corrected chi connectivity index (χ0v) is 14.4. The van der Waals surface area contributed by atoms with Gasteiger partial charge in [0.25, 0.3) is 5.91 Å². The molecule has 126 valence electrons. The van der Waals surface area contributed by atoms with Gasteiger partial charge in [-0.05, 0) is 55.7 Å². The highest BCUT2D eigenvalue weighted by atomic mass is 16.2. The lowest BCUT2D eigenvalue weighted by molar-refractivity contribution is -0.120. The number of amides is 2. The first kappa shape index (κ1) is 17.7. The van der Waals surface area contributed by atoms with Crippen molar-refractivity contribution in [1.82, 2.24) is 0 Å². The van der Waals surface area contributed by atoms with Crippen LogP contribution in [-0.4, -0.2) is 11.8 Å². The Kier molecular flexibility index (Phi) is 6.13. The molecule has 0 bridgehead atoms. The number of para-hydroxylation sites is 1. The van der Waals surface area contributed by atoms with Gasteiger partial charge in [-0.15, -0.1) is 0 Å². The quantitative estimate of drug-likeness (QED) is 0.814. The van der Waals surface area contributed by atoms with Gasteiger partial charge in [-0.25, -0.2) is 0 Å². The molecule has 24 heavy (non-hydrogen) atoms. The standard InChI is InChI=1S/C20H24N2O2/c1-4-15(5-2)19(23)21-17-12-10-16(11-13-17)20(24)22-18-9-7-6-8-14(18)3/h6-13,15H,4-5H2,1-3H3,(H,21,23)(H,22,24). The van der Waals surface area contributed by atoms with Gasteiger partial charge in [0.05, 0.1) is 0 Å². The normalized spacial score (nSPS) is 10.5. The summed E-state index contributed by atoms with van der Waals surface area (Å²) in [6.45, 7) is 5.96. The van der Waals surface area contributed by atoms with Gasteiger partial charge in [0, 0.05) is 22.9 Å². The molecule has 4 heteroatoms. The average Bonchev–Trinajstić information content (AvgIpc) is 2.58. The number of hydrogen-bond acceptors (Lipinski definition) is 2. The molecule has 0 aliphatic carbocycles. The number of nitrogens with one attached hydrogen (secondary N) is 2. The van der Waals surface area contributed by atoms with Crippen LogP contribution in [0.15, 0.2) is 48.5 Å². The van der Waals surface area contributed by atoms with E-state index >= 15 is 0 Å². The predicted molar refractivity (Wildman–Crippen MR) is 98.3 cm³/mol. The fourth-order valence-corrected chi connectivity index (χ4v) is 2.52. The molecule has 2 N–H and O–H groups in total. The molecule has 0 spiro atoms. The van der Waals surface area contributed by atoms with Crippen molar-refractivity contribution in [2.75, 3.05) is 10.6 Å². The molecule has 2 rings (SSSR count). The number of carbonyl (C=O) groups is 2. The number of benzene rings is 2. The van der Waals surface area contributed by atoms with Crippen molar-refractivity contribution in [2.24, 2.45) is 5.92 Å². The average molecular weight is 324 g/mol. The van der Waals surface area contributed by atoms with Crippen molar-refractivity contribution >= 4 is 23.2 Å². The maximum absolute atomic E-state index is 12.3.